The average molecular weight is 222 g/mol. The molecule has 1 fully saturated rings. The number of nitrogens with two attached hydrogens (primary N) is 1. The first kappa shape index (κ1) is 11.2. The number of hydrogen-bond acceptors (Lipinski definition) is 3. The predicted octanol–water partition coefficient (Wildman–Crippen LogP) is 1.92. The third-order valence-corrected chi connectivity index (χ3v) is 3.41. The smallest absolute Gasteiger partial charge is 0.165 e. The van der Waals surface area contributed by atoms with E-state index in [1.807, 2.05) is 0 Å². The van der Waals surface area contributed by atoms with Crippen LogP contribution in [0.4, 0.5) is 4.39 Å². The Morgan fingerprint density at radius 3 is 2.75 bits per heavy atom. The first-order valence-electron chi connectivity index (χ1n) is 5.49. The molecule has 0 saturated heterocycles. The highest BCUT2D eigenvalue weighted by molar-refractivity contribution is 5.96. The van der Waals surface area contributed by atoms with Crippen LogP contribution in [0.2, 0.25) is 0 Å². The number of aromatic nitrogens is 1. The summed E-state index contributed by atoms with van der Waals surface area (Å²) in [5, 5.41) is 0. The second-order valence-corrected chi connectivity index (χ2v) is 4.55. The molecule has 4 heteroatoms. The van der Waals surface area contributed by atoms with Gasteiger partial charge in [0.25, 0.3) is 0 Å². The van der Waals surface area contributed by atoms with Crippen LogP contribution in [0.5, 0.6) is 0 Å². The minimum absolute atomic E-state index is 0.0383. The second-order valence-electron chi connectivity index (χ2n) is 4.55. The highest BCUT2D eigenvalue weighted by Crippen LogP contribution is 2.43. The van der Waals surface area contributed by atoms with Crippen molar-refractivity contribution in [1.29, 1.82) is 0 Å². The van der Waals surface area contributed by atoms with Gasteiger partial charge in [0.05, 0.1) is 6.20 Å². The molecule has 0 atom stereocenters. The van der Waals surface area contributed by atoms with Gasteiger partial charge in [-0.3, -0.25) is 9.78 Å². The highest BCUT2D eigenvalue weighted by atomic mass is 19.1. The standard InChI is InChI=1S/C12H15FN2O/c13-10-4-9(6-15-7-10)11(16)5-12(8-14)2-1-3-12/h4,6-7H,1-3,5,8,14H2. The van der Waals surface area contributed by atoms with Gasteiger partial charge >= 0.3 is 0 Å². The number of carbonyl (C=O) groups excluding carboxylic acids is 1. The quantitative estimate of drug-likeness (QED) is 0.792. The number of hydrogen-bond donors (Lipinski definition) is 1. The molecule has 1 aromatic heterocycles. The van der Waals surface area contributed by atoms with Gasteiger partial charge in [-0.25, -0.2) is 4.39 Å². The van der Waals surface area contributed by atoms with E-state index in [1.54, 1.807) is 0 Å². The monoisotopic (exact) mass is 222 g/mol. The Labute approximate surface area is 93.9 Å². The lowest BCUT2D eigenvalue weighted by atomic mass is 9.65. The maximum absolute atomic E-state index is 12.9. The largest absolute Gasteiger partial charge is 0.330 e. The zero-order valence-corrected chi connectivity index (χ0v) is 9.08. The van der Waals surface area contributed by atoms with E-state index in [4.69, 9.17) is 5.73 Å². The fraction of sp³-hybridized carbons (Fsp3) is 0.500. The fourth-order valence-electron chi connectivity index (χ4n) is 2.14. The van der Waals surface area contributed by atoms with Crippen molar-refractivity contribution in [2.24, 2.45) is 11.1 Å². The lowest BCUT2D eigenvalue weighted by molar-refractivity contribution is 0.0785. The lowest BCUT2D eigenvalue weighted by Crippen LogP contribution is -2.39. The summed E-state index contributed by atoms with van der Waals surface area (Å²) in [5.41, 5.74) is 5.99. The van der Waals surface area contributed by atoms with Crippen LogP contribution in [0.1, 0.15) is 36.0 Å². The average Bonchev–Trinajstić information content (AvgIpc) is 2.23. The molecule has 1 aliphatic rings. The SMILES string of the molecule is NCC1(CC(=O)c2cncc(F)c2)CCC1. The van der Waals surface area contributed by atoms with Crippen molar-refractivity contribution in [2.45, 2.75) is 25.7 Å². The Kier molecular flexibility index (Phi) is 3.01. The molecule has 1 aromatic rings. The second kappa shape index (κ2) is 4.29. The summed E-state index contributed by atoms with van der Waals surface area (Å²) in [6.07, 6.45) is 6.05. The summed E-state index contributed by atoms with van der Waals surface area (Å²) < 4.78 is 12.9. The van der Waals surface area contributed by atoms with Crippen molar-refractivity contribution in [3.05, 3.63) is 29.8 Å². The molecule has 0 aromatic carbocycles. The van der Waals surface area contributed by atoms with Gasteiger partial charge in [-0.2, -0.15) is 0 Å². The van der Waals surface area contributed by atoms with Crippen molar-refractivity contribution in [1.82, 2.24) is 4.98 Å². The minimum Gasteiger partial charge on any atom is -0.330 e. The number of rotatable bonds is 4. The first-order chi connectivity index (χ1) is 7.65. The van der Waals surface area contributed by atoms with Crippen LogP contribution in [0, 0.1) is 11.2 Å². The number of halogens is 1. The maximum Gasteiger partial charge on any atom is 0.165 e. The number of nitrogens with zero attached hydrogens (tertiary/aromatic N) is 1. The van der Waals surface area contributed by atoms with E-state index < -0.39 is 5.82 Å². The van der Waals surface area contributed by atoms with Crippen LogP contribution in [-0.4, -0.2) is 17.3 Å². The Bertz CT molecular complexity index is 396. The van der Waals surface area contributed by atoms with Crippen LogP contribution < -0.4 is 5.73 Å². The molecule has 3 nitrogen and oxygen atoms in total. The van der Waals surface area contributed by atoms with Crippen LogP contribution in [0.3, 0.4) is 0 Å². The van der Waals surface area contributed by atoms with Crippen LogP contribution in [-0.2, 0) is 0 Å². The Balaban J connectivity index is 2.08. The molecule has 0 bridgehead atoms. The zero-order chi connectivity index (χ0) is 11.6. The maximum atomic E-state index is 12.9. The number of carbonyl (C=O) groups is 1. The van der Waals surface area contributed by atoms with Crippen molar-refractivity contribution < 1.29 is 9.18 Å². The number of Topliss-reactive ketones (excluding diaryl/α,β-unsaturated/α-hetero) is 1. The molecule has 1 aliphatic carbocycles. The normalized spacial score (nSPS) is 17.9. The van der Waals surface area contributed by atoms with E-state index in [9.17, 15) is 9.18 Å². The van der Waals surface area contributed by atoms with Crippen LogP contribution >= 0.6 is 0 Å². The van der Waals surface area contributed by atoms with Gasteiger partial charge in [-0.15, -0.1) is 0 Å². The van der Waals surface area contributed by atoms with E-state index in [-0.39, 0.29) is 11.2 Å². The molecule has 86 valence electrons. The molecule has 0 aliphatic heterocycles. The third-order valence-electron chi connectivity index (χ3n) is 3.41. The van der Waals surface area contributed by atoms with Crippen molar-refractivity contribution >= 4 is 5.78 Å². The summed E-state index contributed by atoms with van der Waals surface area (Å²) >= 11 is 0. The molecule has 16 heavy (non-hydrogen) atoms. The van der Waals surface area contributed by atoms with Crippen molar-refractivity contribution in [3.63, 3.8) is 0 Å². The molecular weight excluding hydrogens is 207 g/mol. The molecule has 1 heterocycles. The van der Waals surface area contributed by atoms with Gasteiger partial charge in [0.2, 0.25) is 0 Å². The fourth-order valence-corrected chi connectivity index (χ4v) is 2.14. The summed E-state index contributed by atoms with van der Waals surface area (Å²) in [6.45, 7) is 0.529. The third kappa shape index (κ3) is 2.11. The van der Waals surface area contributed by atoms with Gasteiger partial charge in [0.1, 0.15) is 5.82 Å². The van der Waals surface area contributed by atoms with E-state index in [0.717, 1.165) is 25.5 Å². The number of pyridine rings is 1. The van der Waals surface area contributed by atoms with Gasteiger partial charge in [-0.1, -0.05) is 6.42 Å². The molecular formula is C12H15FN2O. The Morgan fingerprint density at radius 1 is 1.50 bits per heavy atom. The molecule has 0 amide bonds. The Hall–Kier alpha value is -1.29. The van der Waals surface area contributed by atoms with Crippen molar-refractivity contribution in [3.8, 4) is 0 Å². The summed E-state index contributed by atoms with van der Waals surface area (Å²) in [6, 6.07) is 1.23. The van der Waals surface area contributed by atoms with Crippen LogP contribution in [0.15, 0.2) is 18.5 Å². The Morgan fingerprint density at radius 2 is 2.25 bits per heavy atom. The summed E-state index contributed by atoms with van der Waals surface area (Å²) in [7, 11) is 0. The van der Waals surface area contributed by atoms with E-state index in [2.05, 4.69) is 4.98 Å². The van der Waals surface area contributed by atoms with E-state index >= 15 is 0 Å². The number of ketones is 1. The van der Waals surface area contributed by atoms with Crippen molar-refractivity contribution in [2.75, 3.05) is 6.54 Å². The van der Waals surface area contributed by atoms with Gasteiger partial charge in [0.15, 0.2) is 5.78 Å². The predicted molar refractivity (Wildman–Crippen MR) is 58.5 cm³/mol. The van der Waals surface area contributed by atoms with E-state index in [0.29, 0.717) is 18.5 Å². The highest BCUT2D eigenvalue weighted by Gasteiger charge is 2.37. The topological polar surface area (TPSA) is 56.0 Å². The summed E-state index contributed by atoms with van der Waals surface area (Å²) in [5.74, 6) is -0.529. The zero-order valence-electron chi connectivity index (χ0n) is 9.08. The molecule has 1 saturated carbocycles. The molecule has 2 N–H and O–H groups in total. The molecule has 2 rings (SSSR count). The van der Waals surface area contributed by atoms with Gasteiger partial charge in [0, 0.05) is 18.2 Å². The summed E-state index contributed by atoms with van der Waals surface area (Å²) in [4.78, 5) is 15.6. The first-order valence-corrected chi connectivity index (χ1v) is 5.49. The van der Waals surface area contributed by atoms with Crippen LogP contribution in [0.25, 0.3) is 0 Å². The molecule has 0 radical (unpaired) electrons. The van der Waals surface area contributed by atoms with E-state index in [1.165, 1.54) is 12.3 Å². The lowest BCUT2D eigenvalue weighted by Gasteiger charge is -2.40. The molecule has 0 spiro atoms. The van der Waals surface area contributed by atoms with Gasteiger partial charge < -0.3 is 5.73 Å². The minimum atomic E-state index is -0.471. The molecule has 0 unspecified atom stereocenters. The van der Waals surface area contributed by atoms with Gasteiger partial charge in [-0.05, 0) is 30.9 Å².